The number of fused-ring (bicyclic) bond motifs is 4. The standard InChI is InChI=1S/C41H68N2O6/c1-7-46-36(38(4,5)44)31-10-8-29-32(48-31)18-30-28-9-11-33-37(2,3)34(12-13-41(33)25-40(28,41)15-14-39(29,30)6)49-35-22-42(16-17-47-35)19-26-20-43(21-26)27-23-45-24-27/h26-36,44H,7-25H2,1-6H3. The second-order valence-corrected chi connectivity index (χ2v) is 20.1. The molecule has 278 valence electrons. The van der Waals surface area contributed by atoms with Gasteiger partial charge in [-0.25, -0.2) is 0 Å². The summed E-state index contributed by atoms with van der Waals surface area (Å²) in [5.41, 5.74) is 0.717. The fourth-order valence-electron chi connectivity index (χ4n) is 14.6. The molecule has 0 bridgehead atoms. The van der Waals surface area contributed by atoms with Gasteiger partial charge in [0.25, 0.3) is 0 Å². The molecule has 0 radical (unpaired) electrons. The number of rotatable bonds is 9. The molecule has 4 saturated heterocycles. The Kier molecular flexibility index (Phi) is 8.50. The Morgan fingerprint density at radius 3 is 2.45 bits per heavy atom. The minimum absolute atomic E-state index is 0.00530. The summed E-state index contributed by atoms with van der Waals surface area (Å²) in [4.78, 5) is 5.23. The Labute approximate surface area is 296 Å². The first kappa shape index (κ1) is 34.4. The van der Waals surface area contributed by atoms with Crippen LogP contribution in [0.4, 0.5) is 0 Å². The van der Waals surface area contributed by atoms with E-state index in [0.29, 0.717) is 40.9 Å². The summed E-state index contributed by atoms with van der Waals surface area (Å²) in [7, 11) is 0. The van der Waals surface area contributed by atoms with Crippen LogP contribution >= 0.6 is 0 Å². The number of nitrogens with zero attached hydrogens (tertiary/aromatic N) is 2. The van der Waals surface area contributed by atoms with Crippen LogP contribution in [0.1, 0.15) is 106 Å². The van der Waals surface area contributed by atoms with Crippen LogP contribution in [-0.2, 0) is 23.7 Å². The highest BCUT2D eigenvalue weighted by molar-refractivity contribution is 5.29. The van der Waals surface area contributed by atoms with Gasteiger partial charge in [-0.2, -0.15) is 0 Å². The van der Waals surface area contributed by atoms with Crippen LogP contribution in [0.5, 0.6) is 0 Å². The summed E-state index contributed by atoms with van der Waals surface area (Å²) in [5.74, 6) is 3.79. The van der Waals surface area contributed by atoms with Crippen molar-refractivity contribution in [1.29, 1.82) is 0 Å². The van der Waals surface area contributed by atoms with Gasteiger partial charge in [-0.05, 0) is 136 Å². The third-order valence-corrected chi connectivity index (χ3v) is 17.0. The van der Waals surface area contributed by atoms with Gasteiger partial charge in [0.2, 0.25) is 0 Å². The van der Waals surface area contributed by atoms with Gasteiger partial charge in [0.1, 0.15) is 6.10 Å². The highest BCUT2D eigenvalue weighted by Crippen LogP contribution is 2.87. The molecule has 8 heteroatoms. The van der Waals surface area contributed by atoms with Gasteiger partial charge in [0.15, 0.2) is 6.29 Å². The summed E-state index contributed by atoms with van der Waals surface area (Å²) < 4.78 is 31.9. The molecule has 0 aromatic carbocycles. The van der Waals surface area contributed by atoms with E-state index in [1.165, 1.54) is 77.4 Å². The van der Waals surface area contributed by atoms with Crippen molar-refractivity contribution in [3.63, 3.8) is 0 Å². The number of likely N-dealkylation sites (tertiary alicyclic amines) is 1. The van der Waals surface area contributed by atoms with Crippen LogP contribution in [0.2, 0.25) is 0 Å². The monoisotopic (exact) mass is 685 g/mol. The van der Waals surface area contributed by atoms with Gasteiger partial charge in [0, 0.05) is 39.3 Å². The van der Waals surface area contributed by atoms with Crippen molar-refractivity contribution in [3.8, 4) is 0 Å². The predicted octanol–water partition coefficient (Wildman–Crippen LogP) is 5.74. The molecule has 5 aliphatic carbocycles. The average molecular weight is 685 g/mol. The molecule has 9 rings (SSSR count). The maximum absolute atomic E-state index is 11.0. The van der Waals surface area contributed by atoms with Gasteiger partial charge < -0.3 is 28.8 Å². The zero-order valence-electron chi connectivity index (χ0n) is 31.7. The molecular weight excluding hydrogens is 616 g/mol. The summed E-state index contributed by atoms with van der Waals surface area (Å²) in [6, 6.07) is 0.677. The van der Waals surface area contributed by atoms with Crippen molar-refractivity contribution >= 4 is 0 Å². The fourth-order valence-corrected chi connectivity index (χ4v) is 14.6. The van der Waals surface area contributed by atoms with Crippen molar-refractivity contribution in [3.05, 3.63) is 0 Å². The largest absolute Gasteiger partial charge is 0.388 e. The third kappa shape index (κ3) is 5.33. The van der Waals surface area contributed by atoms with Crippen LogP contribution in [-0.4, -0.2) is 116 Å². The molecule has 9 aliphatic rings. The molecule has 4 aliphatic heterocycles. The molecule has 0 amide bonds. The lowest BCUT2D eigenvalue weighted by Gasteiger charge is -2.60. The van der Waals surface area contributed by atoms with E-state index >= 15 is 0 Å². The van der Waals surface area contributed by atoms with Gasteiger partial charge in [-0.1, -0.05) is 20.8 Å². The van der Waals surface area contributed by atoms with Crippen LogP contribution in [0, 0.1) is 51.2 Å². The molecule has 9 fully saturated rings. The molecular formula is C41H68N2O6. The molecule has 0 aromatic heterocycles. The van der Waals surface area contributed by atoms with Crippen molar-refractivity contribution in [2.75, 3.05) is 59.2 Å². The van der Waals surface area contributed by atoms with Crippen LogP contribution in [0.15, 0.2) is 0 Å². The molecule has 0 aromatic rings. The smallest absolute Gasteiger partial charge is 0.170 e. The highest BCUT2D eigenvalue weighted by atomic mass is 16.7. The SMILES string of the molecule is CCOC(C1CCC2C(CC3C4CCC5C(C)(C)C(OC6CN(CC7CN(C8COC8)C7)CCO6)CCC56CC46CCC23C)O1)C(C)(C)O. The summed E-state index contributed by atoms with van der Waals surface area (Å²) in [6.07, 6.45) is 13.2. The molecule has 49 heavy (non-hydrogen) atoms. The second kappa shape index (κ2) is 12.1. The number of morpholine rings is 1. The maximum atomic E-state index is 11.0. The van der Waals surface area contributed by atoms with E-state index in [9.17, 15) is 5.11 Å². The first-order valence-electron chi connectivity index (χ1n) is 20.7. The highest BCUT2D eigenvalue weighted by Gasteiger charge is 2.80. The minimum atomic E-state index is -0.896. The van der Waals surface area contributed by atoms with Crippen molar-refractivity contribution < 1.29 is 28.8 Å². The first-order valence-corrected chi connectivity index (χ1v) is 20.7. The van der Waals surface area contributed by atoms with E-state index in [1.54, 1.807) is 0 Å². The van der Waals surface area contributed by atoms with E-state index in [4.69, 9.17) is 23.7 Å². The van der Waals surface area contributed by atoms with Crippen molar-refractivity contribution in [1.82, 2.24) is 9.80 Å². The van der Waals surface area contributed by atoms with E-state index in [-0.39, 0.29) is 30.0 Å². The number of hydrogen-bond donors (Lipinski definition) is 1. The minimum Gasteiger partial charge on any atom is -0.388 e. The summed E-state index contributed by atoms with van der Waals surface area (Å²) in [5, 5.41) is 11.0. The Balaban J connectivity index is 0.841. The quantitative estimate of drug-likeness (QED) is 0.330. The van der Waals surface area contributed by atoms with E-state index in [0.717, 1.165) is 63.0 Å². The molecule has 4 heterocycles. The molecule has 12 atom stereocenters. The number of aliphatic hydroxyl groups is 1. The molecule has 5 saturated carbocycles. The average Bonchev–Trinajstić information content (AvgIpc) is 3.59. The molecule has 2 spiro atoms. The van der Waals surface area contributed by atoms with Crippen LogP contribution < -0.4 is 0 Å². The topological polar surface area (TPSA) is 72.9 Å². The van der Waals surface area contributed by atoms with E-state index in [1.807, 2.05) is 20.8 Å². The van der Waals surface area contributed by atoms with E-state index < -0.39 is 5.60 Å². The van der Waals surface area contributed by atoms with Gasteiger partial charge >= 0.3 is 0 Å². The first-order chi connectivity index (χ1) is 23.4. The zero-order chi connectivity index (χ0) is 34.0. The lowest BCUT2D eigenvalue weighted by Crippen LogP contribution is -2.61. The Morgan fingerprint density at radius 2 is 1.71 bits per heavy atom. The predicted molar refractivity (Wildman–Crippen MR) is 188 cm³/mol. The zero-order valence-corrected chi connectivity index (χ0v) is 31.7. The lowest BCUT2D eigenvalue weighted by atomic mass is 9.46. The molecule has 1 N–H and O–H groups in total. The van der Waals surface area contributed by atoms with Gasteiger partial charge in [-0.15, -0.1) is 0 Å². The van der Waals surface area contributed by atoms with Crippen molar-refractivity contribution in [2.45, 2.75) is 148 Å². The number of hydrogen-bond acceptors (Lipinski definition) is 8. The van der Waals surface area contributed by atoms with E-state index in [2.05, 4.69) is 30.6 Å². The van der Waals surface area contributed by atoms with Crippen molar-refractivity contribution in [2.24, 2.45) is 51.2 Å². The molecule has 12 unspecified atom stereocenters. The van der Waals surface area contributed by atoms with Gasteiger partial charge in [0.05, 0.1) is 49.8 Å². The van der Waals surface area contributed by atoms with Crippen LogP contribution in [0.25, 0.3) is 0 Å². The van der Waals surface area contributed by atoms with Gasteiger partial charge in [-0.3, -0.25) is 9.80 Å². The Morgan fingerprint density at radius 1 is 0.918 bits per heavy atom. The normalized spacial score (nSPS) is 49.0. The number of ether oxygens (including phenoxy) is 5. The molecule has 8 nitrogen and oxygen atoms in total. The second-order valence-electron chi connectivity index (χ2n) is 20.1. The Bertz CT molecular complexity index is 1230. The summed E-state index contributed by atoms with van der Waals surface area (Å²) >= 11 is 0. The van der Waals surface area contributed by atoms with Crippen LogP contribution in [0.3, 0.4) is 0 Å². The maximum Gasteiger partial charge on any atom is 0.170 e. The fraction of sp³-hybridized carbons (Fsp3) is 1.00. The lowest BCUT2D eigenvalue weighted by molar-refractivity contribution is -0.246. The Hall–Kier alpha value is -0.320. The third-order valence-electron chi connectivity index (χ3n) is 17.0. The summed E-state index contributed by atoms with van der Waals surface area (Å²) in [6.45, 7) is 22.4.